The van der Waals surface area contributed by atoms with Crippen molar-refractivity contribution in [2.45, 2.75) is 6.42 Å². The van der Waals surface area contributed by atoms with Gasteiger partial charge in [0.2, 0.25) is 5.91 Å². The zero-order valence-electron chi connectivity index (χ0n) is 25.6. The summed E-state index contributed by atoms with van der Waals surface area (Å²) in [6.07, 6.45) is 0.726. The highest BCUT2D eigenvalue weighted by molar-refractivity contribution is 6.10. The number of nitrogens with one attached hydrogen (secondary N) is 1. The molecule has 0 saturated carbocycles. The molecule has 0 unspecified atom stereocenters. The number of anilines is 3. The maximum atomic E-state index is 13.8. The highest BCUT2D eigenvalue weighted by Gasteiger charge is 2.27. The Hall–Kier alpha value is -4.95. The van der Waals surface area contributed by atoms with Crippen LogP contribution in [0.2, 0.25) is 0 Å². The quantitative estimate of drug-likeness (QED) is 0.280. The van der Waals surface area contributed by atoms with E-state index in [0.717, 1.165) is 35.5 Å². The Bertz CT molecular complexity index is 1600. The predicted octanol–water partition coefficient (Wildman–Crippen LogP) is 5.48. The van der Waals surface area contributed by atoms with Gasteiger partial charge in [0.25, 0.3) is 11.8 Å². The molecular weight excluding hydrogens is 550 g/mol. The van der Waals surface area contributed by atoms with Gasteiger partial charge in [-0.1, -0.05) is 60.7 Å². The minimum atomic E-state index is -0.216. The lowest BCUT2D eigenvalue weighted by atomic mass is 9.99. The van der Waals surface area contributed by atoms with Crippen LogP contribution in [0, 0.1) is 0 Å². The molecule has 0 radical (unpaired) electrons. The third kappa shape index (κ3) is 7.15. The molecule has 0 atom stereocenters. The monoisotopic (exact) mass is 589 g/mol. The molecule has 44 heavy (non-hydrogen) atoms. The van der Waals surface area contributed by atoms with Crippen LogP contribution in [0.4, 0.5) is 17.1 Å². The summed E-state index contributed by atoms with van der Waals surface area (Å²) in [7, 11) is 5.81. The average molecular weight is 590 g/mol. The van der Waals surface area contributed by atoms with Gasteiger partial charge in [0, 0.05) is 50.0 Å². The molecule has 0 bridgehead atoms. The first-order chi connectivity index (χ1) is 21.3. The lowest BCUT2D eigenvalue weighted by molar-refractivity contribution is -0.128. The minimum absolute atomic E-state index is 0.0467. The molecule has 8 nitrogen and oxygen atoms in total. The fraction of sp³-hybridized carbons (Fsp3) is 0.250. The second-order valence-corrected chi connectivity index (χ2v) is 11.3. The van der Waals surface area contributed by atoms with E-state index in [0.29, 0.717) is 36.4 Å². The van der Waals surface area contributed by atoms with E-state index < -0.39 is 0 Å². The highest BCUT2D eigenvalue weighted by Crippen LogP contribution is 2.33. The molecule has 0 spiro atoms. The lowest BCUT2D eigenvalue weighted by Gasteiger charge is -2.28. The third-order valence-electron chi connectivity index (χ3n) is 7.85. The Kier molecular flexibility index (Phi) is 9.72. The Morgan fingerprint density at radius 2 is 1.39 bits per heavy atom. The predicted molar refractivity (Wildman–Crippen MR) is 177 cm³/mol. The van der Waals surface area contributed by atoms with Gasteiger partial charge in [-0.05, 0) is 74.1 Å². The largest absolute Gasteiger partial charge is 0.360 e. The Morgan fingerprint density at radius 1 is 0.727 bits per heavy atom. The van der Waals surface area contributed by atoms with Crippen molar-refractivity contribution < 1.29 is 14.4 Å². The Morgan fingerprint density at radius 3 is 2.11 bits per heavy atom. The smallest absolute Gasteiger partial charge is 0.258 e. The van der Waals surface area contributed by atoms with Gasteiger partial charge in [0.15, 0.2) is 0 Å². The van der Waals surface area contributed by atoms with Crippen LogP contribution in [-0.2, 0) is 4.79 Å². The van der Waals surface area contributed by atoms with Gasteiger partial charge in [-0.3, -0.25) is 14.4 Å². The first kappa shape index (κ1) is 30.5. The average Bonchev–Trinajstić information content (AvgIpc) is 3.23. The van der Waals surface area contributed by atoms with E-state index in [1.807, 2.05) is 100 Å². The van der Waals surface area contributed by atoms with E-state index in [4.69, 9.17) is 0 Å². The molecule has 0 saturated heterocycles. The SMILES string of the molecule is CN(C)CCN(C)C(=O)CN1CCCN(C(=O)c2ccc(NC(=O)c3ccccc3-c3ccccc3)cc2)c2ccccc21. The second-order valence-electron chi connectivity index (χ2n) is 11.3. The summed E-state index contributed by atoms with van der Waals surface area (Å²) in [5, 5.41) is 2.98. The Balaban J connectivity index is 1.29. The van der Waals surface area contributed by atoms with Crippen LogP contribution < -0.4 is 15.1 Å². The number of carbonyl (C=O) groups is 3. The van der Waals surface area contributed by atoms with E-state index in [1.54, 1.807) is 34.1 Å². The summed E-state index contributed by atoms with van der Waals surface area (Å²) >= 11 is 0. The first-order valence-electron chi connectivity index (χ1n) is 14.9. The summed E-state index contributed by atoms with van der Waals surface area (Å²) in [5.41, 5.74) is 5.18. The standard InChI is InChI=1S/C36H39N5O3/c1-38(2)24-25-39(3)34(42)26-40-22-11-23-41(33-17-10-9-16-32(33)40)36(44)28-18-20-29(21-19-28)37-35(43)31-15-8-7-14-30(31)27-12-5-4-6-13-27/h4-10,12-21H,11,22-26H2,1-3H3,(H,37,43). The molecular formula is C36H39N5O3. The van der Waals surface area contributed by atoms with Crippen LogP contribution >= 0.6 is 0 Å². The number of rotatable bonds is 9. The Labute approximate surface area is 259 Å². The zero-order chi connectivity index (χ0) is 31.1. The molecule has 226 valence electrons. The van der Waals surface area contributed by atoms with Crippen molar-refractivity contribution >= 4 is 34.8 Å². The van der Waals surface area contributed by atoms with Crippen molar-refractivity contribution in [2.75, 3.05) is 69.0 Å². The highest BCUT2D eigenvalue weighted by atomic mass is 16.2. The fourth-order valence-corrected chi connectivity index (χ4v) is 5.36. The van der Waals surface area contributed by atoms with Crippen LogP contribution in [0.15, 0.2) is 103 Å². The molecule has 8 heteroatoms. The molecule has 0 aliphatic carbocycles. The van der Waals surface area contributed by atoms with Crippen LogP contribution in [0.5, 0.6) is 0 Å². The van der Waals surface area contributed by atoms with Crippen molar-refractivity contribution in [1.82, 2.24) is 9.80 Å². The summed E-state index contributed by atoms with van der Waals surface area (Å²) in [6, 6.07) is 32.1. The van der Waals surface area contributed by atoms with Crippen molar-refractivity contribution in [1.29, 1.82) is 0 Å². The van der Waals surface area contributed by atoms with Gasteiger partial charge in [-0.15, -0.1) is 0 Å². The molecule has 4 aromatic carbocycles. The third-order valence-corrected chi connectivity index (χ3v) is 7.85. The van der Waals surface area contributed by atoms with Gasteiger partial charge in [-0.25, -0.2) is 0 Å². The molecule has 1 aliphatic rings. The van der Waals surface area contributed by atoms with Gasteiger partial charge >= 0.3 is 0 Å². The van der Waals surface area contributed by atoms with Gasteiger partial charge in [-0.2, -0.15) is 0 Å². The molecule has 3 amide bonds. The van der Waals surface area contributed by atoms with E-state index >= 15 is 0 Å². The normalized spacial score (nSPS) is 12.8. The number of amides is 3. The van der Waals surface area contributed by atoms with E-state index in [-0.39, 0.29) is 24.3 Å². The first-order valence-corrected chi connectivity index (χ1v) is 14.9. The molecule has 1 heterocycles. The van der Waals surface area contributed by atoms with Crippen LogP contribution in [0.3, 0.4) is 0 Å². The number of nitrogens with zero attached hydrogens (tertiary/aromatic N) is 4. The maximum absolute atomic E-state index is 13.8. The van der Waals surface area contributed by atoms with Crippen molar-refractivity contribution in [3.8, 4) is 11.1 Å². The van der Waals surface area contributed by atoms with E-state index in [1.165, 1.54) is 0 Å². The van der Waals surface area contributed by atoms with Gasteiger partial charge < -0.3 is 24.9 Å². The maximum Gasteiger partial charge on any atom is 0.258 e. The number of para-hydroxylation sites is 2. The molecule has 0 fully saturated rings. The molecule has 1 N–H and O–H groups in total. The number of likely N-dealkylation sites (N-methyl/N-ethyl adjacent to an activating group) is 2. The molecule has 1 aliphatic heterocycles. The topological polar surface area (TPSA) is 76.2 Å². The van der Waals surface area contributed by atoms with Crippen molar-refractivity contribution in [3.63, 3.8) is 0 Å². The number of carbonyl (C=O) groups excluding carboxylic acids is 3. The van der Waals surface area contributed by atoms with E-state index in [2.05, 4.69) is 15.1 Å². The molecule has 5 rings (SSSR count). The van der Waals surface area contributed by atoms with Crippen molar-refractivity contribution in [2.24, 2.45) is 0 Å². The lowest BCUT2D eigenvalue weighted by Crippen LogP contribution is -2.41. The van der Waals surface area contributed by atoms with Crippen LogP contribution in [0.25, 0.3) is 11.1 Å². The number of hydrogen-bond acceptors (Lipinski definition) is 5. The number of benzene rings is 4. The molecule has 0 aromatic heterocycles. The minimum Gasteiger partial charge on any atom is -0.360 e. The van der Waals surface area contributed by atoms with Crippen molar-refractivity contribution in [3.05, 3.63) is 114 Å². The zero-order valence-corrected chi connectivity index (χ0v) is 25.6. The summed E-state index contributed by atoms with van der Waals surface area (Å²) < 4.78 is 0. The summed E-state index contributed by atoms with van der Waals surface area (Å²) in [6.45, 7) is 2.91. The van der Waals surface area contributed by atoms with Crippen LogP contribution in [0.1, 0.15) is 27.1 Å². The van der Waals surface area contributed by atoms with Crippen LogP contribution in [-0.4, -0.2) is 81.4 Å². The van der Waals surface area contributed by atoms with E-state index in [9.17, 15) is 14.4 Å². The summed E-state index contributed by atoms with van der Waals surface area (Å²) in [4.78, 5) is 47.8. The number of hydrogen-bond donors (Lipinski definition) is 1. The fourth-order valence-electron chi connectivity index (χ4n) is 5.36. The second kappa shape index (κ2) is 14.0. The number of fused-ring (bicyclic) bond motifs is 1. The molecule has 4 aromatic rings. The van der Waals surface area contributed by atoms with Gasteiger partial charge in [0.1, 0.15) is 0 Å². The van der Waals surface area contributed by atoms with Gasteiger partial charge in [0.05, 0.1) is 17.9 Å². The summed E-state index contributed by atoms with van der Waals surface area (Å²) in [5.74, 6) is -0.293.